The Hall–Kier alpha value is -1.62. The first-order valence-electron chi connectivity index (χ1n) is 5.76. The molecule has 2 aromatic carbocycles. The summed E-state index contributed by atoms with van der Waals surface area (Å²) in [5, 5.41) is 10.5. The van der Waals surface area contributed by atoms with E-state index in [4.69, 9.17) is 5.73 Å². The number of nitrogens with two attached hydrogens (primary N) is 1. The van der Waals surface area contributed by atoms with Crippen molar-refractivity contribution in [1.29, 1.82) is 0 Å². The average Bonchev–Trinajstić information content (AvgIpc) is 2.41. The van der Waals surface area contributed by atoms with E-state index in [9.17, 15) is 14.7 Å². The minimum Gasteiger partial charge on any atom is -0.550 e. The Morgan fingerprint density at radius 2 is 1.65 bits per heavy atom. The van der Waals surface area contributed by atoms with Gasteiger partial charge in [0.25, 0.3) is 0 Å². The maximum atomic E-state index is 12.1. The van der Waals surface area contributed by atoms with Crippen molar-refractivity contribution >= 4 is 17.4 Å². The Bertz CT molecular complexity index is 626. The normalized spacial score (nSPS) is 9.60. The molecule has 0 aliphatic rings. The maximum Gasteiger partial charge on any atom is 1.00 e. The van der Waals surface area contributed by atoms with Crippen LogP contribution in [0.4, 0.5) is 5.69 Å². The van der Waals surface area contributed by atoms with E-state index < -0.39 is 5.97 Å². The zero-order valence-corrected chi connectivity index (χ0v) is 13.1. The van der Waals surface area contributed by atoms with E-state index in [0.717, 1.165) is 0 Å². The van der Waals surface area contributed by atoms with Gasteiger partial charge in [-0.25, -0.2) is 0 Å². The number of carbonyl (C=O) groups excluding carboxylic acids is 2. The Morgan fingerprint density at radius 1 is 1.00 bits per heavy atom. The number of carbonyl (C=O) groups is 2. The maximum absolute atomic E-state index is 12.1. The summed E-state index contributed by atoms with van der Waals surface area (Å²) >= 11 is 0. The van der Waals surface area contributed by atoms with Crippen LogP contribution in [0.5, 0.6) is 0 Å². The second-order valence-electron chi connectivity index (χ2n) is 4.16. The number of carboxylic acids is 1. The summed E-state index contributed by atoms with van der Waals surface area (Å²) in [6, 6.07) is 13.4. The molecule has 0 heterocycles. The van der Waals surface area contributed by atoms with Crippen LogP contribution in [0, 0.1) is 0 Å². The van der Waals surface area contributed by atoms with E-state index in [-0.39, 0.29) is 47.4 Å². The number of benzene rings is 2. The van der Waals surface area contributed by atoms with Crippen molar-refractivity contribution in [3.63, 3.8) is 0 Å². The van der Waals surface area contributed by atoms with Crippen molar-refractivity contribution in [1.82, 2.24) is 0 Å². The van der Waals surface area contributed by atoms with Crippen LogP contribution in [0.25, 0.3) is 0 Å². The molecule has 5 heteroatoms. The first-order chi connectivity index (χ1) is 9.08. The molecule has 0 atom stereocenters. The van der Waals surface area contributed by atoms with Crippen LogP contribution in [-0.2, 0) is 11.2 Å². The molecule has 0 amide bonds. The summed E-state index contributed by atoms with van der Waals surface area (Å²) in [5.74, 6) is -1.35. The summed E-state index contributed by atoms with van der Waals surface area (Å²) < 4.78 is 0. The van der Waals surface area contributed by atoms with E-state index in [0.29, 0.717) is 16.7 Å². The molecule has 0 radical (unpaired) electrons. The van der Waals surface area contributed by atoms with Gasteiger partial charge in [-0.15, -0.1) is 0 Å². The Kier molecular flexibility index (Phi) is 5.95. The molecule has 4 nitrogen and oxygen atoms in total. The Labute approximate surface area is 138 Å². The Morgan fingerprint density at radius 3 is 2.20 bits per heavy atom. The fraction of sp³-hybridized carbons (Fsp3) is 0.0667. The van der Waals surface area contributed by atoms with Gasteiger partial charge in [-0.2, -0.15) is 0 Å². The van der Waals surface area contributed by atoms with Crippen molar-refractivity contribution in [3.05, 3.63) is 65.2 Å². The average molecular weight is 277 g/mol. The van der Waals surface area contributed by atoms with Crippen LogP contribution in [-0.4, -0.2) is 11.8 Å². The second-order valence-corrected chi connectivity index (χ2v) is 4.16. The van der Waals surface area contributed by atoms with Crippen molar-refractivity contribution in [2.75, 3.05) is 5.73 Å². The zero-order valence-electron chi connectivity index (χ0n) is 11.1. The molecular weight excluding hydrogens is 265 g/mol. The minimum atomic E-state index is -1.20. The predicted molar refractivity (Wildman–Crippen MR) is 69.4 cm³/mol. The summed E-state index contributed by atoms with van der Waals surface area (Å²) in [6.07, 6.45) is -0.258. The van der Waals surface area contributed by atoms with Crippen molar-refractivity contribution in [2.45, 2.75) is 6.42 Å². The number of carboxylic acid groups (broad SMARTS) is 1. The molecule has 2 rings (SSSR count). The molecule has 0 saturated carbocycles. The molecular formula is C15H12NNaO3. The number of hydrogen-bond donors (Lipinski definition) is 1. The third-order valence-corrected chi connectivity index (χ3v) is 2.78. The zero-order chi connectivity index (χ0) is 13.8. The molecule has 0 aliphatic heterocycles. The SMILES string of the molecule is Nc1cc(C(=O)c2ccccc2)ccc1CC(=O)[O-].[Na+]. The van der Waals surface area contributed by atoms with Crippen molar-refractivity contribution < 1.29 is 44.3 Å². The standard InChI is InChI=1S/C15H13NO3.Na/c16-13-8-12(7-6-11(13)9-14(17)18)15(19)10-4-2-1-3-5-10;/h1-8H,9,16H2,(H,17,18);/q;+1/p-1. The molecule has 0 fully saturated rings. The third kappa shape index (κ3) is 3.93. The van der Waals surface area contributed by atoms with Crippen LogP contribution < -0.4 is 40.4 Å². The van der Waals surface area contributed by atoms with Crippen LogP contribution in [0.1, 0.15) is 21.5 Å². The minimum absolute atomic E-state index is 0. The van der Waals surface area contributed by atoms with E-state index in [2.05, 4.69) is 0 Å². The Balaban J connectivity index is 0.00000200. The summed E-state index contributed by atoms with van der Waals surface area (Å²) in [5.41, 5.74) is 7.47. The van der Waals surface area contributed by atoms with Gasteiger partial charge in [0.2, 0.25) is 0 Å². The van der Waals surface area contributed by atoms with E-state index in [1.807, 2.05) is 6.07 Å². The molecule has 0 bridgehead atoms. The molecule has 96 valence electrons. The quantitative estimate of drug-likeness (QED) is 0.390. The molecule has 0 spiro atoms. The van der Waals surface area contributed by atoms with E-state index in [1.54, 1.807) is 36.4 Å². The second kappa shape index (κ2) is 7.24. The van der Waals surface area contributed by atoms with E-state index >= 15 is 0 Å². The number of ketones is 1. The van der Waals surface area contributed by atoms with Gasteiger partial charge in [-0.05, 0) is 11.6 Å². The summed E-state index contributed by atoms with van der Waals surface area (Å²) in [4.78, 5) is 22.7. The first kappa shape index (κ1) is 16.4. The van der Waals surface area contributed by atoms with Crippen LogP contribution in [0.3, 0.4) is 0 Å². The number of anilines is 1. The van der Waals surface area contributed by atoms with Gasteiger partial charge < -0.3 is 15.6 Å². The van der Waals surface area contributed by atoms with Gasteiger partial charge in [-0.3, -0.25) is 4.79 Å². The van der Waals surface area contributed by atoms with Crippen LogP contribution in [0.15, 0.2) is 48.5 Å². The fourth-order valence-electron chi connectivity index (χ4n) is 1.81. The van der Waals surface area contributed by atoms with Gasteiger partial charge >= 0.3 is 29.6 Å². The van der Waals surface area contributed by atoms with Gasteiger partial charge in [0.1, 0.15) is 0 Å². The number of nitrogen functional groups attached to an aromatic ring is 1. The van der Waals surface area contributed by atoms with Crippen LogP contribution in [0.2, 0.25) is 0 Å². The fourth-order valence-corrected chi connectivity index (χ4v) is 1.81. The molecule has 0 saturated heterocycles. The van der Waals surface area contributed by atoms with Gasteiger partial charge in [0.05, 0.1) is 0 Å². The smallest absolute Gasteiger partial charge is 0.550 e. The van der Waals surface area contributed by atoms with Crippen molar-refractivity contribution in [3.8, 4) is 0 Å². The molecule has 0 unspecified atom stereocenters. The van der Waals surface area contributed by atoms with E-state index in [1.165, 1.54) is 6.07 Å². The van der Waals surface area contributed by atoms with Crippen LogP contribution >= 0.6 is 0 Å². The van der Waals surface area contributed by atoms with Gasteiger partial charge in [0.15, 0.2) is 5.78 Å². The number of aliphatic carboxylic acids is 1. The largest absolute Gasteiger partial charge is 1.00 e. The third-order valence-electron chi connectivity index (χ3n) is 2.78. The van der Waals surface area contributed by atoms with Crippen molar-refractivity contribution in [2.24, 2.45) is 0 Å². The summed E-state index contributed by atoms with van der Waals surface area (Å²) in [7, 11) is 0. The predicted octanol–water partition coefficient (Wildman–Crippen LogP) is -2.20. The molecule has 2 N–H and O–H groups in total. The van der Waals surface area contributed by atoms with Gasteiger partial charge in [-0.1, -0.05) is 42.5 Å². The molecule has 0 aliphatic carbocycles. The number of hydrogen-bond acceptors (Lipinski definition) is 4. The number of rotatable bonds is 4. The molecule has 0 aromatic heterocycles. The monoisotopic (exact) mass is 277 g/mol. The van der Waals surface area contributed by atoms with Gasteiger partial charge in [0, 0.05) is 29.2 Å². The molecule has 2 aromatic rings. The molecule has 20 heavy (non-hydrogen) atoms. The first-order valence-corrected chi connectivity index (χ1v) is 5.76. The summed E-state index contributed by atoms with van der Waals surface area (Å²) in [6.45, 7) is 0. The topological polar surface area (TPSA) is 83.2 Å².